The van der Waals surface area contributed by atoms with Crippen LogP contribution in [0.4, 0.5) is 0 Å². The molecule has 0 saturated carbocycles. The molecule has 2 amide bonds. The van der Waals surface area contributed by atoms with Crippen molar-refractivity contribution in [1.82, 2.24) is 15.6 Å². The number of rotatable bonds is 4. The molecule has 1 aromatic carbocycles. The van der Waals surface area contributed by atoms with Gasteiger partial charge in [-0.3, -0.25) is 9.59 Å². The Morgan fingerprint density at radius 3 is 2.79 bits per heavy atom. The highest BCUT2D eigenvalue weighted by molar-refractivity contribution is 5.89. The monoisotopic (exact) mass is 327 g/mol. The molecule has 0 aliphatic carbocycles. The van der Waals surface area contributed by atoms with Gasteiger partial charge in [0.25, 0.3) is 0 Å². The van der Waals surface area contributed by atoms with Crippen LogP contribution in [0.3, 0.4) is 0 Å². The van der Waals surface area contributed by atoms with Gasteiger partial charge in [-0.1, -0.05) is 18.6 Å². The number of amides is 2. The van der Waals surface area contributed by atoms with Gasteiger partial charge in [0.2, 0.25) is 11.8 Å². The number of aromatic nitrogens is 1. The Kier molecular flexibility index (Phi) is 4.60. The van der Waals surface area contributed by atoms with Gasteiger partial charge in [-0.05, 0) is 43.9 Å². The number of piperidine rings is 1. The first kappa shape index (κ1) is 16.6. The molecule has 1 saturated heterocycles. The van der Waals surface area contributed by atoms with Crippen LogP contribution in [0.5, 0.6) is 0 Å². The van der Waals surface area contributed by atoms with Crippen LogP contribution < -0.4 is 10.6 Å². The maximum atomic E-state index is 12.4. The molecule has 0 bridgehead atoms. The molecule has 0 radical (unpaired) electrons. The highest BCUT2D eigenvalue weighted by atomic mass is 16.2. The SMILES string of the molecule is CCc1[nH]c2c(CNC(=O)[C@H]3CCC(=O)NC3)cc(C)cc2c1C. The predicted molar refractivity (Wildman–Crippen MR) is 94.7 cm³/mol. The Morgan fingerprint density at radius 1 is 1.33 bits per heavy atom. The fourth-order valence-electron chi connectivity index (χ4n) is 3.49. The Balaban J connectivity index is 1.77. The number of H-pyrrole nitrogens is 1. The predicted octanol–water partition coefficient (Wildman–Crippen LogP) is 2.49. The molecule has 5 nitrogen and oxygen atoms in total. The summed E-state index contributed by atoms with van der Waals surface area (Å²) in [5, 5.41) is 7.04. The van der Waals surface area contributed by atoms with Crippen molar-refractivity contribution in [2.45, 2.75) is 46.6 Å². The van der Waals surface area contributed by atoms with Crippen LogP contribution in [0.25, 0.3) is 10.9 Å². The second kappa shape index (κ2) is 6.67. The van der Waals surface area contributed by atoms with E-state index >= 15 is 0 Å². The van der Waals surface area contributed by atoms with Gasteiger partial charge in [0.05, 0.1) is 11.4 Å². The lowest BCUT2D eigenvalue weighted by Crippen LogP contribution is -2.42. The van der Waals surface area contributed by atoms with Crippen LogP contribution in [0.2, 0.25) is 0 Å². The van der Waals surface area contributed by atoms with E-state index < -0.39 is 0 Å². The summed E-state index contributed by atoms with van der Waals surface area (Å²) in [6, 6.07) is 4.32. The zero-order valence-corrected chi connectivity index (χ0v) is 14.6. The third-order valence-corrected chi connectivity index (χ3v) is 4.94. The summed E-state index contributed by atoms with van der Waals surface area (Å²) < 4.78 is 0. The molecule has 3 rings (SSSR count). The lowest BCUT2D eigenvalue weighted by molar-refractivity contribution is -0.129. The summed E-state index contributed by atoms with van der Waals surface area (Å²) in [7, 11) is 0. The quantitative estimate of drug-likeness (QED) is 0.807. The van der Waals surface area contributed by atoms with Crippen LogP contribution in [0.1, 0.15) is 42.1 Å². The minimum absolute atomic E-state index is 0.0173. The zero-order valence-electron chi connectivity index (χ0n) is 14.6. The van der Waals surface area contributed by atoms with Crippen molar-refractivity contribution in [3.05, 3.63) is 34.5 Å². The van der Waals surface area contributed by atoms with E-state index in [9.17, 15) is 9.59 Å². The molecular weight excluding hydrogens is 302 g/mol. The molecule has 128 valence electrons. The number of aryl methyl sites for hydroxylation is 3. The number of benzene rings is 1. The number of carbonyl (C=O) groups excluding carboxylic acids is 2. The van der Waals surface area contributed by atoms with Gasteiger partial charge < -0.3 is 15.6 Å². The topological polar surface area (TPSA) is 74.0 Å². The molecule has 0 spiro atoms. The van der Waals surface area contributed by atoms with Gasteiger partial charge >= 0.3 is 0 Å². The summed E-state index contributed by atoms with van der Waals surface area (Å²) in [5.41, 5.74) is 5.96. The lowest BCUT2D eigenvalue weighted by atomic mass is 9.98. The van der Waals surface area contributed by atoms with Crippen LogP contribution in [0.15, 0.2) is 12.1 Å². The first-order valence-corrected chi connectivity index (χ1v) is 8.64. The van der Waals surface area contributed by atoms with E-state index in [0.717, 1.165) is 17.5 Å². The van der Waals surface area contributed by atoms with Gasteiger partial charge in [0.1, 0.15) is 0 Å². The maximum Gasteiger partial charge on any atom is 0.225 e. The second-order valence-corrected chi connectivity index (χ2v) is 6.69. The number of fused-ring (bicyclic) bond motifs is 1. The van der Waals surface area contributed by atoms with E-state index in [-0.39, 0.29) is 17.7 Å². The van der Waals surface area contributed by atoms with Gasteiger partial charge in [-0.2, -0.15) is 0 Å². The van der Waals surface area contributed by atoms with Crippen molar-refractivity contribution < 1.29 is 9.59 Å². The van der Waals surface area contributed by atoms with Crippen molar-refractivity contribution in [2.75, 3.05) is 6.54 Å². The van der Waals surface area contributed by atoms with Gasteiger partial charge in [0, 0.05) is 30.6 Å². The second-order valence-electron chi connectivity index (χ2n) is 6.69. The van der Waals surface area contributed by atoms with Crippen molar-refractivity contribution in [3.8, 4) is 0 Å². The molecule has 24 heavy (non-hydrogen) atoms. The average molecular weight is 327 g/mol. The summed E-state index contributed by atoms with van der Waals surface area (Å²) in [6.07, 6.45) is 2.03. The number of hydrogen-bond donors (Lipinski definition) is 3. The molecule has 5 heteroatoms. The van der Waals surface area contributed by atoms with E-state index in [1.807, 2.05) is 0 Å². The Labute approximate surface area is 142 Å². The fraction of sp³-hybridized carbons (Fsp3) is 0.474. The minimum atomic E-state index is -0.125. The summed E-state index contributed by atoms with van der Waals surface area (Å²) in [4.78, 5) is 27.1. The van der Waals surface area contributed by atoms with E-state index in [1.165, 1.54) is 22.2 Å². The van der Waals surface area contributed by atoms with E-state index in [2.05, 4.69) is 48.5 Å². The molecule has 3 N–H and O–H groups in total. The van der Waals surface area contributed by atoms with Gasteiger partial charge in [-0.25, -0.2) is 0 Å². The number of nitrogens with one attached hydrogen (secondary N) is 3. The van der Waals surface area contributed by atoms with Crippen molar-refractivity contribution in [2.24, 2.45) is 5.92 Å². The average Bonchev–Trinajstić information content (AvgIpc) is 2.89. The van der Waals surface area contributed by atoms with Crippen LogP contribution in [-0.2, 0) is 22.6 Å². The highest BCUT2D eigenvalue weighted by Crippen LogP contribution is 2.26. The molecule has 2 heterocycles. The Morgan fingerprint density at radius 2 is 2.12 bits per heavy atom. The summed E-state index contributed by atoms with van der Waals surface area (Å²) in [6.45, 7) is 7.31. The highest BCUT2D eigenvalue weighted by Gasteiger charge is 2.24. The van der Waals surface area contributed by atoms with E-state index in [1.54, 1.807) is 0 Å². The number of hydrogen-bond acceptors (Lipinski definition) is 2. The largest absolute Gasteiger partial charge is 0.358 e. The zero-order chi connectivity index (χ0) is 17.3. The molecule has 1 aliphatic heterocycles. The van der Waals surface area contributed by atoms with Crippen molar-refractivity contribution in [3.63, 3.8) is 0 Å². The molecular formula is C19H25N3O2. The molecule has 1 aromatic heterocycles. The van der Waals surface area contributed by atoms with Crippen LogP contribution in [0, 0.1) is 19.8 Å². The smallest absolute Gasteiger partial charge is 0.225 e. The van der Waals surface area contributed by atoms with Gasteiger partial charge in [0.15, 0.2) is 0 Å². The maximum absolute atomic E-state index is 12.4. The molecule has 2 aromatic rings. The normalized spacial score (nSPS) is 17.8. The standard InChI is InChI=1S/C19H25N3O2/c1-4-16-12(3)15-8-11(2)7-14(18(15)22-16)10-21-19(24)13-5-6-17(23)20-9-13/h7-8,13,22H,4-6,9-10H2,1-3H3,(H,20,23)(H,21,24)/t13-/m0/s1. The third-order valence-electron chi connectivity index (χ3n) is 4.94. The van der Waals surface area contributed by atoms with Gasteiger partial charge in [-0.15, -0.1) is 0 Å². The van der Waals surface area contributed by atoms with E-state index in [4.69, 9.17) is 0 Å². The molecule has 1 atom stereocenters. The molecule has 1 fully saturated rings. The third kappa shape index (κ3) is 3.16. The molecule has 1 aliphatic rings. The summed E-state index contributed by atoms with van der Waals surface area (Å²) in [5.74, 6) is -0.0726. The Hall–Kier alpha value is -2.30. The van der Waals surface area contributed by atoms with E-state index in [0.29, 0.717) is 25.9 Å². The lowest BCUT2D eigenvalue weighted by Gasteiger charge is -2.21. The summed E-state index contributed by atoms with van der Waals surface area (Å²) >= 11 is 0. The number of aromatic amines is 1. The van der Waals surface area contributed by atoms with Crippen molar-refractivity contribution in [1.29, 1.82) is 0 Å². The first-order valence-electron chi connectivity index (χ1n) is 8.64. The van der Waals surface area contributed by atoms with Crippen LogP contribution >= 0.6 is 0 Å². The first-order chi connectivity index (χ1) is 11.5. The minimum Gasteiger partial charge on any atom is -0.358 e. The molecule has 0 unspecified atom stereocenters. The fourth-order valence-corrected chi connectivity index (χ4v) is 3.49. The van der Waals surface area contributed by atoms with Crippen molar-refractivity contribution >= 4 is 22.7 Å². The number of carbonyl (C=O) groups is 2. The Bertz CT molecular complexity index is 781. The van der Waals surface area contributed by atoms with Crippen LogP contribution in [-0.4, -0.2) is 23.3 Å².